The van der Waals surface area contributed by atoms with Gasteiger partial charge < -0.3 is 4.74 Å². The summed E-state index contributed by atoms with van der Waals surface area (Å²) in [5.74, 6) is -0.567. The van der Waals surface area contributed by atoms with Gasteiger partial charge in [0.1, 0.15) is 5.82 Å². The van der Waals surface area contributed by atoms with Gasteiger partial charge in [-0.15, -0.1) is 0 Å². The normalized spacial score (nSPS) is 21.2. The number of hydrogen-bond donors (Lipinski definition) is 0. The molecule has 0 aromatic heterocycles. The van der Waals surface area contributed by atoms with Crippen LogP contribution in [0.15, 0.2) is 35.9 Å². The molecule has 0 spiro atoms. The largest absolute Gasteiger partial charge is 0.465 e. The number of benzene rings is 1. The van der Waals surface area contributed by atoms with Crippen LogP contribution in [0.25, 0.3) is 0 Å². The number of thioether (sulfide) groups is 1. The molecule has 2 atom stereocenters. The monoisotopic (exact) mass is 476 g/mol. The van der Waals surface area contributed by atoms with Gasteiger partial charge in [0.2, 0.25) is 0 Å². The molecule has 1 heterocycles. The van der Waals surface area contributed by atoms with Crippen LogP contribution in [0.4, 0.5) is 4.39 Å². The van der Waals surface area contributed by atoms with E-state index in [9.17, 15) is 18.8 Å². The van der Waals surface area contributed by atoms with E-state index in [0.717, 1.165) is 18.4 Å². The molecule has 0 N–H and O–H groups in total. The van der Waals surface area contributed by atoms with Crippen molar-refractivity contribution in [3.05, 3.63) is 47.3 Å². The summed E-state index contributed by atoms with van der Waals surface area (Å²) in [4.78, 5) is 40.7. The fourth-order valence-electron chi connectivity index (χ4n) is 4.22. The number of hydrogen-bond acceptors (Lipinski definition) is 7. The predicted molar refractivity (Wildman–Crippen MR) is 127 cm³/mol. The van der Waals surface area contributed by atoms with Crippen molar-refractivity contribution in [1.82, 2.24) is 9.80 Å². The fourth-order valence-corrected chi connectivity index (χ4v) is 5.16. The van der Waals surface area contributed by atoms with E-state index < -0.39 is 6.04 Å². The SMILES string of the molecule is CCOC(=O)CN(C)C/C=C1/CN(C(C(=O)C2CC2)c2ccccc2F)CCC1SC(C)=O. The van der Waals surface area contributed by atoms with E-state index >= 15 is 0 Å². The summed E-state index contributed by atoms with van der Waals surface area (Å²) < 4.78 is 19.7. The quantitative estimate of drug-likeness (QED) is 0.377. The van der Waals surface area contributed by atoms with Crippen LogP contribution < -0.4 is 0 Å². The Hall–Kier alpha value is -2.03. The number of likely N-dealkylation sites (tertiary alicyclic amines) is 1. The molecule has 6 nitrogen and oxygen atoms in total. The molecule has 3 rings (SSSR count). The number of carbonyl (C=O) groups is 3. The van der Waals surface area contributed by atoms with Crippen LogP contribution in [0.5, 0.6) is 0 Å². The van der Waals surface area contributed by atoms with E-state index in [0.29, 0.717) is 38.2 Å². The number of likely N-dealkylation sites (N-methyl/N-ethyl adjacent to an activating group) is 1. The molecule has 1 aromatic carbocycles. The van der Waals surface area contributed by atoms with Crippen LogP contribution in [0.2, 0.25) is 0 Å². The highest BCUT2D eigenvalue weighted by molar-refractivity contribution is 8.14. The minimum absolute atomic E-state index is 0.00191. The Morgan fingerprint density at radius 3 is 2.64 bits per heavy atom. The summed E-state index contributed by atoms with van der Waals surface area (Å²) in [6.07, 6.45) is 4.45. The van der Waals surface area contributed by atoms with Gasteiger partial charge in [0.25, 0.3) is 0 Å². The lowest BCUT2D eigenvalue weighted by Crippen LogP contribution is -2.43. The molecule has 1 saturated carbocycles. The van der Waals surface area contributed by atoms with Crippen LogP contribution in [0, 0.1) is 11.7 Å². The van der Waals surface area contributed by atoms with Gasteiger partial charge in [-0.05, 0) is 44.9 Å². The van der Waals surface area contributed by atoms with Crippen molar-refractivity contribution in [3.8, 4) is 0 Å². The average Bonchev–Trinajstić information content (AvgIpc) is 3.60. The number of carbonyl (C=O) groups excluding carboxylic acids is 3. The smallest absolute Gasteiger partial charge is 0.320 e. The summed E-state index contributed by atoms with van der Waals surface area (Å²) in [6, 6.07) is 5.89. The lowest BCUT2D eigenvalue weighted by molar-refractivity contribution is -0.144. The van der Waals surface area contributed by atoms with Gasteiger partial charge >= 0.3 is 5.97 Å². The summed E-state index contributed by atoms with van der Waals surface area (Å²) >= 11 is 1.29. The molecule has 0 amide bonds. The molecule has 1 aliphatic heterocycles. The minimum atomic E-state index is -0.623. The van der Waals surface area contributed by atoms with Crippen molar-refractivity contribution < 1.29 is 23.5 Å². The number of ketones is 1. The highest BCUT2D eigenvalue weighted by Gasteiger charge is 2.41. The molecule has 1 aromatic rings. The Bertz CT molecular complexity index is 902. The van der Waals surface area contributed by atoms with Crippen LogP contribution in [-0.2, 0) is 19.1 Å². The second-order valence-corrected chi connectivity index (χ2v) is 10.1. The molecule has 0 bridgehead atoms. The van der Waals surface area contributed by atoms with E-state index in [2.05, 4.69) is 0 Å². The Kier molecular flexibility index (Phi) is 9.23. The maximum atomic E-state index is 14.7. The molecular weight excluding hydrogens is 443 g/mol. The van der Waals surface area contributed by atoms with E-state index in [1.54, 1.807) is 32.0 Å². The van der Waals surface area contributed by atoms with Gasteiger partial charge in [0.05, 0.1) is 19.2 Å². The second-order valence-electron chi connectivity index (χ2n) is 8.74. The predicted octanol–water partition coefficient (Wildman–Crippen LogP) is 3.62. The number of esters is 1. The van der Waals surface area contributed by atoms with Crippen molar-refractivity contribution >= 4 is 28.6 Å². The zero-order valence-electron chi connectivity index (χ0n) is 19.6. The third-order valence-electron chi connectivity index (χ3n) is 5.97. The van der Waals surface area contributed by atoms with Crippen molar-refractivity contribution in [1.29, 1.82) is 0 Å². The topological polar surface area (TPSA) is 66.9 Å². The van der Waals surface area contributed by atoms with Crippen molar-refractivity contribution in [2.45, 2.75) is 44.4 Å². The zero-order valence-corrected chi connectivity index (χ0v) is 20.4. The molecule has 2 fully saturated rings. The molecule has 2 aliphatic rings. The highest BCUT2D eigenvalue weighted by Crippen LogP contribution is 2.40. The molecule has 33 heavy (non-hydrogen) atoms. The van der Waals surface area contributed by atoms with E-state index in [1.165, 1.54) is 17.8 Å². The van der Waals surface area contributed by atoms with Crippen molar-refractivity contribution in [2.24, 2.45) is 5.92 Å². The highest BCUT2D eigenvalue weighted by atomic mass is 32.2. The minimum Gasteiger partial charge on any atom is -0.465 e. The van der Waals surface area contributed by atoms with Crippen LogP contribution in [-0.4, -0.2) is 71.8 Å². The Balaban J connectivity index is 1.81. The number of piperidine rings is 1. The summed E-state index contributed by atoms with van der Waals surface area (Å²) in [7, 11) is 1.83. The van der Waals surface area contributed by atoms with Gasteiger partial charge in [0.15, 0.2) is 10.9 Å². The molecule has 2 unspecified atom stereocenters. The van der Waals surface area contributed by atoms with Gasteiger partial charge in [-0.1, -0.05) is 36.0 Å². The fraction of sp³-hybridized carbons (Fsp3) is 0.560. The summed E-state index contributed by atoms with van der Waals surface area (Å²) in [6.45, 7) is 5.44. The van der Waals surface area contributed by atoms with E-state index in [-0.39, 0.29) is 40.4 Å². The molecule has 1 aliphatic carbocycles. The van der Waals surface area contributed by atoms with Crippen molar-refractivity contribution in [3.63, 3.8) is 0 Å². The number of ether oxygens (including phenoxy) is 1. The number of rotatable bonds is 10. The zero-order chi connectivity index (χ0) is 24.0. The molecule has 0 radical (unpaired) electrons. The first-order valence-electron chi connectivity index (χ1n) is 11.5. The maximum Gasteiger partial charge on any atom is 0.320 e. The first-order valence-corrected chi connectivity index (χ1v) is 12.4. The summed E-state index contributed by atoms with van der Waals surface area (Å²) in [5.41, 5.74) is 1.45. The van der Waals surface area contributed by atoms with E-state index in [4.69, 9.17) is 4.74 Å². The number of nitrogens with zero attached hydrogens (tertiary/aromatic N) is 2. The third-order valence-corrected chi connectivity index (χ3v) is 7.12. The Morgan fingerprint density at radius 1 is 1.27 bits per heavy atom. The van der Waals surface area contributed by atoms with E-state index in [1.807, 2.05) is 22.9 Å². The van der Waals surface area contributed by atoms with Crippen LogP contribution in [0.1, 0.15) is 44.7 Å². The summed E-state index contributed by atoms with van der Waals surface area (Å²) in [5, 5.41) is 0.0472. The molecular formula is C25H33FN2O4S. The second kappa shape index (κ2) is 11.9. The lowest BCUT2D eigenvalue weighted by atomic mass is 9.93. The number of Topliss-reactive ketones (excluding diaryl/α,β-unsaturated/α-hetero) is 1. The molecule has 1 saturated heterocycles. The van der Waals surface area contributed by atoms with Crippen molar-refractivity contribution in [2.75, 3.05) is 39.8 Å². The van der Waals surface area contributed by atoms with Gasteiger partial charge in [-0.3, -0.25) is 24.2 Å². The molecule has 8 heteroatoms. The Morgan fingerprint density at radius 2 is 2.00 bits per heavy atom. The number of halogens is 1. The van der Waals surface area contributed by atoms with Gasteiger partial charge in [-0.2, -0.15) is 0 Å². The lowest BCUT2D eigenvalue weighted by Gasteiger charge is -2.38. The first-order chi connectivity index (χ1) is 15.8. The Labute approximate surface area is 199 Å². The standard InChI is InChI=1S/C25H33FN2O4S/c1-4-32-23(30)16-27(3)13-11-19-15-28(14-12-22(19)33-17(2)29)24(25(31)18-9-10-18)20-7-5-6-8-21(20)26/h5-8,11,18,22,24H,4,9-10,12-16H2,1-3H3/b19-11-. The van der Waals surface area contributed by atoms with Crippen LogP contribution in [0.3, 0.4) is 0 Å². The third kappa shape index (κ3) is 7.22. The molecule has 180 valence electrons. The average molecular weight is 477 g/mol. The first kappa shape index (κ1) is 25.6. The van der Waals surface area contributed by atoms with Gasteiger partial charge in [-0.25, -0.2) is 4.39 Å². The van der Waals surface area contributed by atoms with Crippen LogP contribution >= 0.6 is 11.8 Å². The maximum absolute atomic E-state index is 14.7. The van der Waals surface area contributed by atoms with Gasteiger partial charge in [0, 0.05) is 43.3 Å².